The van der Waals surface area contributed by atoms with Crippen molar-refractivity contribution >= 4 is 22.4 Å². The zero-order chi connectivity index (χ0) is 13.1. The maximum Gasteiger partial charge on any atom is 0.241 e. The van der Waals surface area contributed by atoms with Crippen LogP contribution in [-0.2, 0) is 0 Å². The van der Waals surface area contributed by atoms with Crippen molar-refractivity contribution in [3.8, 4) is 5.88 Å². The fourth-order valence-corrected chi connectivity index (χ4v) is 2.08. The van der Waals surface area contributed by atoms with Crippen LogP contribution in [0.15, 0.2) is 24.3 Å². The van der Waals surface area contributed by atoms with Crippen LogP contribution in [0, 0.1) is 0 Å². The van der Waals surface area contributed by atoms with Crippen molar-refractivity contribution in [3.05, 3.63) is 29.4 Å². The molecule has 0 aliphatic rings. The number of ether oxygens (including phenoxy) is 1. The van der Waals surface area contributed by atoms with E-state index in [9.17, 15) is 0 Å². The van der Waals surface area contributed by atoms with Crippen LogP contribution in [0.2, 0.25) is 5.15 Å². The Labute approximate surface area is 112 Å². The smallest absolute Gasteiger partial charge is 0.241 e. The first-order valence-corrected chi connectivity index (χ1v) is 6.18. The van der Waals surface area contributed by atoms with Crippen LogP contribution in [0.25, 0.3) is 10.8 Å². The number of hydrogen-bond acceptors (Lipinski definition) is 4. The number of rotatable bonds is 4. The summed E-state index contributed by atoms with van der Waals surface area (Å²) in [5.41, 5.74) is 0. The van der Waals surface area contributed by atoms with Gasteiger partial charge in [-0.15, -0.1) is 10.2 Å². The highest BCUT2D eigenvalue weighted by Crippen LogP contribution is 2.27. The standard InChI is InChI=1S/C13H16ClN3O/c1-9(8-17(2)3)18-13-11-7-5-4-6-10(11)12(14)15-16-13/h4-7,9H,8H2,1-3H3. The third-order valence-corrected chi connectivity index (χ3v) is 2.82. The molecule has 96 valence electrons. The van der Waals surface area contributed by atoms with Crippen molar-refractivity contribution < 1.29 is 4.74 Å². The Morgan fingerprint density at radius 1 is 1.22 bits per heavy atom. The Hall–Kier alpha value is -1.39. The zero-order valence-corrected chi connectivity index (χ0v) is 11.5. The predicted molar refractivity (Wildman–Crippen MR) is 73.2 cm³/mol. The van der Waals surface area contributed by atoms with E-state index in [1.807, 2.05) is 45.3 Å². The minimum Gasteiger partial charge on any atom is -0.472 e. The van der Waals surface area contributed by atoms with Gasteiger partial charge in [0.05, 0.1) is 0 Å². The fraction of sp³-hybridized carbons (Fsp3) is 0.385. The highest BCUT2D eigenvalue weighted by molar-refractivity contribution is 6.34. The van der Waals surface area contributed by atoms with Crippen LogP contribution in [-0.4, -0.2) is 41.8 Å². The Balaban J connectivity index is 2.31. The molecular weight excluding hydrogens is 250 g/mol. The normalized spacial score (nSPS) is 12.9. The molecule has 0 radical (unpaired) electrons. The molecule has 5 heteroatoms. The van der Waals surface area contributed by atoms with Crippen LogP contribution >= 0.6 is 11.6 Å². The van der Waals surface area contributed by atoms with Crippen LogP contribution in [0.4, 0.5) is 0 Å². The van der Waals surface area contributed by atoms with Crippen LogP contribution in [0.5, 0.6) is 5.88 Å². The van der Waals surface area contributed by atoms with Gasteiger partial charge in [-0.2, -0.15) is 0 Å². The Bertz CT molecular complexity index is 545. The van der Waals surface area contributed by atoms with Crippen molar-refractivity contribution in [3.63, 3.8) is 0 Å². The number of benzene rings is 1. The molecule has 0 aliphatic heterocycles. The maximum atomic E-state index is 6.01. The molecule has 0 N–H and O–H groups in total. The van der Waals surface area contributed by atoms with Gasteiger partial charge in [-0.1, -0.05) is 29.8 Å². The number of likely N-dealkylation sites (N-methyl/N-ethyl adjacent to an activating group) is 1. The Morgan fingerprint density at radius 3 is 2.56 bits per heavy atom. The van der Waals surface area contributed by atoms with E-state index in [0.717, 1.165) is 17.3 Å². The first kappa shape index (κ1) is 13.1. The molecule has 0 saturated heterocycles. The third kappa shape index (κ3) is 2.89. The van der Waals surface area contributed by atoms with E-state index in [2.05, 4.69) is 15.1 Å². The number of fused-ring (bicyclic) bond motifs is 1. The number of halogens is 1. The molecule has 1 unspecified atom stereocenters. The Kier molecular flexibility index (Phi) is 3.99. The van der Waals surface area contributed by atoms with Crippen molar-refractivity contribution in [1.29, 1.82) is 0 Å². The van der Waals surface area contributed by atoms with Crippen LogP contribution in [0.1, 0.15) is 6.92 Å². The summed E-state index contributed by atoms with van der Waals surface area (Å²) in [5.74, 6) is 0.532. The summed E-state index contributed by atoms with van der Waals surface area (Å²) in [6.45, 7) is 2.82. The van der Waals surface area contributed by atoms with E-state index in [1.165, 1.54) is 0 Å². The molecule has 0 aliphatic carbocycles. The van der Waals surface area contributed by atoms with Gasteiger partial charge in [0.15, 0.2) is 5.15 Å². The van der Waals surface area contributed by atoms with Gasteiger partial charge in [-0.3, -0.25) is 0 Å². The van der Waals surface area contributed by atoms with Crippen LogP contribution < -0.4 is 4.74 Å². The lowest BCUT2D eigenvalue weighted by Gasteiger charge is -2.18. The highest BCUT2D eigenvalue weighted by Gasteiger charge is 2.12. The second kappa shape index (κ2) is 5.50. The van der Waals surface area contributed by atoms with E-state index in [1.54, 1.807) is 0 Å². The quantitative estimate of drug-likeness (QED) is 0.852. The van der Waals surface area contributed by atoms with Gasteiger partial charge in [-0.05, 0) is 27.1 Å². The Morgan fingerprint density at radius 2 is 1.89 bits per heavy atom. The lowest BCUT2D eigenvalue weighted by atomic mass is 10.2. The van der Waals surface area contributed by atoms with Crippen molar-refractivity contribution in [2.75, 3.05) is 20.6 Å². The summed E-state index contributed by atoms with van der Waals surface area (Å²) < 4.78 is 5.82. The second-order valence-electron chi connectivity index (χ2n) is 4.53. The minimum absolute atomic E-state index is 0.0406. The molecule has 18 heavy (non-hydrogen) atoms. The summed E-state index contributed by atoms with van der Waals surface area (Å²) in [4.78, 5) is 2.07. The zero-order valence-electron chi connectivity index (χ0n) is 10.7. The molecular formula is C13H16ClN3O. The summed E-state index contributed by atoms with van der Waals surface area (Å²) in [7, 11) is 4.01. The monoisotopic (exact) mass is 265 g/mol. The van der Waals surface area contributed by atoms with E-state index in [-0.39, 0.29) is 6.10 Å². The SMILES string of the molecule is CC(CN(C)C)Oc1nnc(Cl)c2ccccc12. The van der Waals surface area contributed by atoms with Crippen LogP contribution in [0.3, 0.4) is 0 Å². The van der Waals surface area contributed by atoms with Gasteiger partial charge in [0.2, 0.25) is 5.88 Å². The minimum atomic E-state index is 0.0406. The molecule has 2 aromatic rings. The number of nitrogens with zero attached hydrogens (tertiary/aromatic N) is 3. The van der Waals surface area contributed by atoms with Crippen molar-refractivity contribution in [1.82, 2.24) is 15.1 Å². The van der Waals surface area contributed by atoms with E-state index < -0.39 is 0 Å². The average molecular weight is 266 g/mol. The van der Waals surface area contributed by atoms with Gasteiger partial charge in [-0.25, -0.2) is 0 Å². The van der Waals surface area contributed by atoms with Gasteiger partial charge in [0.1, 0.15) is 6.10 Å². The number of hydrogen-bond donors (Lipinski definition) is 0. The predicted octanol–water partition coefficient (Wildman–Crippen LogP) is 2.61. The molecule has 4 nitrogen and oxygen atoms in total. The fourth-order valence-electron chi connectivity index (χ4n) is 1.88. The molecule has 0 amide bonds. The van der Waals surface area contributed by atoms with Gasteiger partial charge < -0.3 is 9.64 Å². The molecule has 1 heterocycles. The molecule has 0 saturated carbocycles. The lowest BCUT2D eigenvalue weighted by Crippen LogP contribution is -2.28. The first-order valence-electron chi connectivity index (χ1n) is 5.80. The molecule has 2 rings (SSSR count). The lowest BCUT2D eigenvalue weighted by molar-refractivity contribution is 0.171. The average Bonchev–Trinajstić information content (AvgIpc) is 2.32. The van der Waals surface area contributed by atoms with Gasteiger partial charge in [0, 0.05) is 17.3 Å². The van der Waals surface area contributed by atoms with E-state index in [0.29, 0.717) is 11.0 Å². The van der Waals surface area contributed by atoms with E-state index in [4.69, 9.17) is 16.3 Å². The van der Waals surface area contributed by atoms with Gasteiger partial charge in [0.25, 0.3) is 0 Å². The maximum absolute atomic E-state index is 6.01. The summed E-state index contributed by atoms with van der Waals surface area (Å²) in [5, 5.41) is 10.1. The summed E-state index contributed by atoms with van der Waals surface area (Å²) in [6.07, 6.45) is 0.0406. The largest absolute Gasteiger partial charge is 0.472 e. The number of aromatic nitrogens is 2. The van der Waals surface area contributed by atoms with Crippen molar-refractivity contribution in [2.24, 2.45) is 0 Å². The molecule has 0 fully saturated rings. The first-order chi connectivity index (χ1) is 8.58. The summed E-state index contributed by atoms with van der Waals surface area (Å²) >= 11 is 6.01. The topological polar surface area (TPSA) is 38.2 Å². The highest BCUT2D eigenvalue weighted by atomic mass is 35.5. The van der Waals surface area contributed by atoms with E-state index >= 15 is 0 Å². The molecule has 1 atom stereocenters. The molecule has 0 spiro atoms. The third-order valence-electron chi connectivity index (χ3n) is 2.54. The molecule has 0 bridgehead atoms. The van der Waals surface area contributed by atoms with Gasteiger partial charge >= 0.3 is 0 Å². The molecule has 1 aromatic heterocycles. The second-order valence-corrected chi connectivity index (χ2v) is 4.89. The summed E-state index contributed by atoms with van der Waals surface area (Å²) in [6, 6.07) is 7.70. The molecule has 1 aromatic carbocycles. The van der Waals surface area contributed by atoms with Crippen molar-refractivity contribution in [2.45, 2.75) is 13.0 Å².